The number of ether oxygens (including phenoxy) is 1. The minimum Gasteiger partial charge on any atom is -0.444 e. The maximum absolute atomic E-state index is 14.4. The summed E-state index contributed by atoms with van der Waals surface area (Å²) in [6, 6.07) is 14.8. The lowest BCUT2D eigenvalue weighted by Crippen LogP contribution is -2.54. The zero-order valence-corrected chi connectivity index (χ0v) is 24.7. The van der Waals surface area contributed by atoms with Crippen LogP contribution < -0.4 is 10.6 Å². The van der Waals surface area contributed by atoms with Crippen molar-refractivity contribution in [3.63, 3.8) is 0 Å². The molecule has 0 radical (unpaired) electrons. The molecule has 216 valence electrons. The van der Waals surface area contributed by atoms with Crippen LogP contribution in [-0.2, 0) is 20.7 Å². The van der Waals surface area contributed by atoms with Crippen LogP contribution in [0.5, 0.6) is 0 Å². The van der Waals surface area contributed by atoms with Crippen LogP contribution in [0, 0.1) is 12.3 Å². The Hall–Kier alpha value is -3.79. The standard InChI is InChI=1S/C33H45N3O4/c1-7-10-15-23-36(29(30(37)34-22-11-8-2)27-20-18-25(9-3)19-21-27)31(38)28(24-26-16-13-12-14-17-26)35-32(39)40-33(4,5)6/h3,12-14,16-21,28-29H,7-8,10-11,15,22-24H2,1-2,4-6H3,(H,34,37)(H,35,39). The Kier molecular flexibility index (Phi) is 13.2. The van der Waals surface area contributed by atoms with E-state index in [2.05, 4.69) is 30.4 Å². The van der Waals surface area contributed by atoms with Crippen molar-refractivity contribution < 1.29 is 19.1 Å². The van der Waals surface area contributed by atoms with Crippen molar-refractivity contribution in [1.29, 1.82) is 0 Å². The number of amides is 3. The lowest BCUT2D eigenvalue weighted by molar-refractivity contribution is -0.142. The van der Waals surface area contributed by atoms with E-state index in [-0.39, 0.29) is 18.2 Å². The predicted octanol–water partition coefficient (Wildman–Crippen LogP) is 5.78. The molecule has 2 atom stereocenters. The van der Waals surface area contributed by atoms with E-state index in [1.54, 1.807) is 49.9 Å². The fraction of sp³-hybridized carbons (Fsp3) is 0.485. The van der Waals surface area contributed by atoms with Crippen LogP contribution in [0.4, 0.5) is 4.79 Å². The van der Waals surface area contributed by atoms with Crippen LogP contribution in [0.15, 0.2) is 54.6 Å². The third-order valence-corrected chi connectivity index (χ3v) is 6.34. The molecule has 7 heteroatoms. The zero-order valence-electron chi connectivity index (χ0n) is 24.7. The van der Waals surface area contributed by atoms with Crippen LogP contribution in [0.1, 0.15) is 89.5 Å². The Morgan fingerprint density at radius 2 is 1.60 bits per heavy atom. The van der Waals surface area contributed by atoms with Gasteiger partial charge in [0.15, 0.2) is 0 Å². The summed E-state index contributed by atoms with van der Waals surface area (Å²) in [5, 5.41) is 5.81. The molecule has 0 heterocycles. The van der Waals surface area contributed by atoms with Gasteiger partial charge in [-0.25, -0.2) is 4.79 Å². The van der Waals surface area contributed by atoms with Gasteiger partial charge < -0.3 is 20.3 Å². The molecule has 7 nitrogen and oxygen atoms in total. The number of carbonyl (C=O) groups is 3. The smallest absolute Gasteiger partial charge is 0.408 e. The van der Waals surface area contributed by atoms with Gasteiger partial charge in [0.05, 0.1) is 0 Å². The van der Waals surface area contributed by atoms with Crippen LogP contribution in [0.3, 0.4) is 0 Å². The summed E-state index contributed by atoms with van der Waals surface area (Å²) in [4.78, 5) is 42.5. The van der Waals surface area contributed by atoms with Crippen molar-refractivity contribution in [3.05, 3.63) is 71.3 Å². The highest BCUT2D eigenvalue weighted by atomic mass is 16.6. The van der Waals surface area contributed by atoms with Crippen LogP contribution in [0.25, 0.3) is 0 Å². The SMILES string of the molecule is C#Cc1ccc(C(C(=O)NCCCC)N(CCCCC)C(=O)C(Cc2ccccc2)NC(=O)OC(C)(C)C)cc1. The van der Waals surface area contributed by atoms with Crippen molar-refractivity contribution in [3.8, 4) is 12.3 Å². The minimum atomic E-state index is -0.935. The number of nitrogens with one attached hydrogen (secondary N) is 2. The fourth-order valence-electron chi connectivity index (χ4n) is 4.32. The van der Waals surface area contributed by atoms with E-state index in [9.17, 15) is 14.4 Å². The van der Waals surface area contributed by atoms with Gasteiger partial charge in [-0.15, -0.1) is 6.42 Å². The van der Waals surface area contributed by atoms with E-state index < -0.39 is 23.8 Å². The largest absolute Gasteiger partial charge is 0.444 e. The number of nitrogens with zero attached hydrogens (tertiary/aromatic N) is 1. The van der Waals surface area contributed by atoms with Gasteiger partial charge in [-0.3, -0.25) is 9.59 Å². The molecule has 2 aromatic carbocycles. The Morgan fingerprint density at radius 1 is 0.950 bits per heavy atom. The zero-order chi connectivity index (χ0) is 29.5. The molecular weight excluding hydrogens is 502 g/mol. The molecule has 0 aromatic heterocycles. The summed E-state index contributed by atoms with van der Waals surface area (Å²) in [6.45, 7) is 10.3. The molecule has 40 heavy (non-hydrogen) atoms. The molecule has 0 spiro atoms. The molecule has 2 aromatic rings. The molecule has 3 amide bonds. The van der Waals surface area contributed by atoms with E-state index in [1.807, 2.05) is 30.3 Å². The summed E-state index contributed by atoms with van der Waals surface area (Å²) in [7, 11) is 0. The van der Waals surface area contributed by atoms with Crippen molar-refractivity contribution >= 4 is 17.9 Å². The number of rotatable bonds is 14. The second-order valence-electron chi connectivity index (χ2n) is 10.9. The van der Waals surface area contributed by atoms with Gasteiger partial charge >= 0.3 is 6.09 Å². The number of alkyl carbamates (subject to hydrolysis) is 1. The van der Waals surface area contributed by atoms with Gasteiger partial charge in [-0.05, 0) is 56.9 Å². The minimum absolute atomic E-state index is 0.253. The number of benzene rings is 2. The topological polar surface area (TPSA) is 87.7 Å². The van der Waals surface area contributed by atoms with Gasteiger partial charge in [-0.1, -0.05) is 81.5 Å². The summed E-state index contributed by atoms with van der Waals surface area (Å²) in [6.07, 6.45) is 9.46. The van der Waals surface area contributed by atoms with Crippen molar-refractivity contribution in [2.24, 2.45) is 0 Å². The summed E-state index contributed by atoms with van der Waals surface area (Å²) < 4.78 is 5.50. The van der Waals surface area contributed by atoms with Crippen LogP contribution in [-0.4, -0.2) is 47.5 Å². The van der Waals surface area contributed by atoms with Gasteiger partial charge in [0.2, 0.25) is 11.8 Å². The molecule has 0 bridgehead atoms. The number of unbranched alkanes of at least 4 members (excludes halogenated alkanes) is 3. The first-order chi connectivity index (χ1) is 19.1. The van der Waals surface area contributed by atoms with E-state index in [1.165, 1.54) is 0 Å². The second kappa shape index (κ2) is 16.3. The second-order valence-corrected chi connectivity index (χ2v) is 10.9. The average Bonchev–Trinajstić information content (AvgIpc) is 2.92. The molecule has 2 N–H and O–H groups in total. The molecule has 0 saturated carbocycles. The monoisotopic (exact) mass is 547 g/mol. The van der Waals surface area contributed by atoms with Gasteiger partial charge in [-0.2, -0.15) is 0 Å². The summed E-state index contributed by atoms with van der Waals surface area (Å²) in [5.41, 5.74) is 1.50. The van der Waals surface area contributed by atoms with Gasteiger partial charge in [0.25, 0.3) is 0 Å². The third-order valence-electron chi connectivity index (χ3n) is 6.34. The Morgan fingerprint density at radius 3 is 2.17 bits per heavy atom. The lowest BCUT2D eigenvalue weighted by atomic mass is 9.99. The predicted molar refractivity (Wildman–Crippen MR) is 160 cm³/mol. The molecule has 0 aliphatic heterocycles. The first-order valence-corrected chi connectivity index (χ1v) is 14.3. The van der Waals surface area contributed by atoms with Crippen molar-refractivity contribution in [2.45, 2.75) is 90.8 Å². The maximum atomic E-state index is 14.4. The molecule has 2 rings (SSSR count). The number of hydrogen-bond acceptors (Lipinski definition) is 4. The molecular formula is C33H45N3O4. The van der Waals surface area contributed by atoms with E-state index in [0.717, 1.165) is 31.2 Å². The lowest BCUT2D eigenvalue weighted by Gasteiger charge is -2.34. The van der Waals surface area contributed by atoms with E-state index in [4.69, 9.17) is 11.2 Å². The number of terminal acetylenes is 1. The van der Waals surface area contributed by atoms with Crippen LogP contribution in [0.2, 0.25) is 0 Å². The Balaban J connectivity index is 2.53. The van der Waals surface area contributed by atoms with Crippen molar-refractivity contribution in [2.75, 3.05) is 13.1 Å². The number of hydrogen-bond donors (Lipinski definition) is 2. The van der Waals surface area contributed by atoms with Gasteiger partial charge in [0, 0.05) is 25.1 Å². The first-order valence-electron chi connectivity index (χ1n) is 14.3. The third kappa shape index (κ3) is 10.8. The quantitative estimate of drug-likeness (QED) is 0.232. The molecule has 0 fully saturated rings. The molecule has 0 saturated heterocycles. The average molecular weight is 548 g/mol. The summed E-state index contributed by atoms with van der Waals surface area (Å²) in [5.74, 6) is 1.99. The fourth-order valence-corrected chi connectivity index (χ4v) is 4.32. The molecule has 2 unspecified atom stereocenters. The van der Waals surface area contributed by atoms with E-state index in [0.29, 0.717) is 30.6 Å². The van der Waals surface area contributed by atoms with E-state index >= 15 is 0 Å². The van der Waals surface area contributed by atoms with Gasteiger partial charge in [0.1, 0.15) is 17.7 Å². The maximum Gasteiger partial charge on any atom is 0.408 e. The highest BCUT2D eigenvalue weighted by molar-refractivity contribution is 5.92. The van der Waals surface area contributed by atoms with Crippen LogP contribution >= 0.6 is 0 Å². The number of carbonyl (C=O) groups excluding carboxylic acids is 3. The highest BCUT2D eigenvalue weighted by Crippen LogP contribution is 2.25. The Labute approximate surface area is 240 Å². The first kappa shape index (κ1) is 32.4. The highest BCUT2D eigenvalue weighted by Gasteiger charge is 2.36. The normalized spacial score (nSPS) is 12.5. The van der Waals surface area contributed by atoms with Crippen molar-refractivity contribution in [1.82, 2.24) is 15.5 Å². The summed E-state index contributed by atoms with van der Waals surface area (Å²) >= 11 is 0. The molecule has 0 aliphatic rings. The molecule has 0 aliphatic carbocycles. The Bertz CT molecular complexity index is 1120.